The molecule has 0 aliphatic heterocycles. The van der Waals surface area contributed by atoms with Crippen molar-refractivity contribution in [1.29, 1.82) is 0 Å². The van der Waals surface area contributed by atoms with E-state index in [1.165, 1.54) is 12.4 Å². The van der Waals surface area contributed by atoms with Crippen LogP contribution in [0.3, 0.4) is 0 Å². The van der Waals surface area contributed by atoms with Crippen molar-refractivity contribution < 1.29 is 0 Å². The number of hydrogen-bond donors (Lipinski definition) is 2. The van der Waals surface area contributed by atoms with Crippen molar-refractivity contribution in [3.63, 3.8) is 0 Å². The third-order valence-corrected chi connectivity index (χ3v) is 1.82. The van der Waals surface area contributed by atoms with Gasteiger partial charge >= 0.3 is 5.69 Å². The standard InChI is InChI=1S/C10H8N4O2/c15-9-8(6-13-10(16)14-9)12-5-7-3-1-2-4-11-7/h1-6H,(H2,13,14,15,16). The number of rotatable bonds is 2. The number of H-pyrrole nitrogens is 2. The maximum absolute atomic E-state index is 11.3. The lowest BCUT2D eigenvalue weighted by molar-refractivity contribution is 1.03. The molecule has 0 saturated carbocycles. The topological polar surface area (TPSA) is 91.0 Å². The van der Waals surface area contributed by atoms with Gasteiger partial charge in [-0.15, -0.1) is 0 Å². The van der Waals surface area contributed by atoms with Crippen molar-refractivity contribution in [2.45, 2.75) is 0 Å². The van der Waals surface area contributed by atoms with Gasteiger partial charge in [0.2, 0.25) is 0 Å². The minimum atomic E-state index is -0.554. The number of nitrogens with one attached hydrogen (secondary N) is 2. The first-order valence-corrected chi connectivity index (χ1v) is 4.53. The van der Waals surface area contributed by atoms with E-state index in [1.807, 2.05) is 6.07 Å². The highest BCUT2D eigenvalue weighted by molar-refractivity contribution is 5.79. The second kappa shape index (κ2) is 4.35. The number of aromatic nitrogens is 3. The van der Waals surface area contributed by atoms with Crippen LogP contribution in [0, 0.1) is 0 Å². The van der Waals surface area contributed by atoms with Crippen LogP contribution in [0.1, 0.15) is 5.69 Å². The molecule has 2 rings (SSSR count). The molecule has 6 heteroatoms. The van der Waals surface area contributed by atoms with Crippen LogP contribution < -0.4 is 11.2 Å². The molecule has 0 aliphatic carbocycles. The van der Waals surface area contributed by atoms with Gasteiger partial charge in [0.1, 0.15) is 5.69 Å². The average molecular weight is 216 g/mol. The van der Waals surface area contributed by atoms with E-state index in [9.17, 15) is 9.59 Å². The van der Waals surface area contributed by atoms with Gasteiger partial charge in [0.15, 0.2) is 0 Å². The summed E-state index contributed by atoms with van der Waals surface area (Å²) in [6.45, 7) is 0. The smallest absolute Gasteiger partial charge is 0.312 e. The first-order chi connectivity index (χ1) is 7.75. The van der Waals surface area contributed by atoms with E-state index in [0.29, 0.717) is 5.69 Å². The average Bonchev–Trinajstić information content (AvgIpc) is 2.29. The van der Waals surface area contributed by atoms with Crippen molar-refractivity contribution in [2.24, 2.45) is 4.99 Å². The maximum Gasteiger partial charge on any atom is 0.325 e. The lowest BCUT2D eigenvalue weighted by Gasteiger charge is -1.91. The molecule has 2 heterocycles. The van der Waals surface area contributed by atoms with E-state index >= 15 is 0 Å². The predicted molar refractivity (Wildman–Crippen MR) is 59.2 cm³/mol. The van der Waals surface area contributed by atoms with Gasteiger partial charge in [-0.2, -0.15) is 0 Å². The van der Waals surface area contributed by atoms with Crippen LogP contribution in [0.2, 0.25) is 0 Å². The highest BCUT2D eigenvalue weighted by atomic mass is 16.2. The minimum Gasteiger partial charge on any atom is -0.312 e. The van der Waals surface area contributed by atoms with Gasteiger partial charge in [-0.1, -0.05) is 6.07 Å². The third kappa shape index (κ3) is 2.30. The predicted octanol–water partition coefficient (Wildman–Crippen LogP) is 0.209. The molecule has 2 N–H and O–H groups in total. The Morgan fingerprint density at radius 2 is 2.19 bits per heavy atom. The number of nitrogens with zero attached hydrogens (tertiary/aromatic N) is 2. The summed E-state index contributed by atoms with van der Waals surface area (Å²) in [4.78, 5) is 34.3. The molecule has 0 aliphatic rings. The number of aromatic amines is 2. The van der Waals surface area contributed by atoms with E-state index < -0.39 is 11.2 Å². The summed E-state index contributed by atoms with van der Waals surface area (Å²) in [5.41, 5.74) is -0.323. The number of hydrogen-bond acceptors (Lipinski definition) is 4. The summed E-state index contributed by atoms with van der Waals surface area (Å²) in [5.74, 6) is 0. The first-order valence-electron chi connectivity index (χ1n) is 4.53. The molecule has 0 unspecified atom stereocenters. The van der Waals surface area contributed by atoms with Crippen LogP contribution in [0.5, 0.6) is 0 Å². The van der Waals surface area contributed by atoms with Gasteiger partial charge in [-0.05, 0) is 12.1 Å². The molecule has 0 radical (unpaired) electrons. The molecule has 0 saturated heterocycles. The van der Waals surface area contributed by atoms with E-state index in [0.717, 1.165) is 0 Å². The Bertz CT molecular complexity index is 612. The molecule has 2 aromatic rings. The van der Waals surface area contributed by atoms with Crippen LogP contribution in [0.15, 0.2) is 45.2 Å². The van der Waals surface area contributed by atoms with Crippen molar-refractivity contribution in [1.82, 2.24) is 15.0 Å². The number of aliphatic imine (C=N–C) groups is 1. The summed E-state index contributed by atoms with van der Waals surface area (Å²) < 4.78 is 0. The lowest BCUT2D eigenvalue weighted by atomic mass is 10.4. The molecule has 0 fully saturated rings. The summed E-state index contributed by atoms with van der Waals surface area (Å²) in [7, 11) is 0. The molecule has 6 nitrogen and oxygen atoms in total. The Kier molecular flexibility index (Phi) is 2.73. The molecule has 2 aromatic heterocycles. The molecule has 0 atom stereocenters. The van der Waals surface area contributed by atoms with E-state index in [4.69, 9.17) is 0 Å². The fourth-order valence-corrected chi connectivity index (χ4v) is 1.09. The second-order valence-electron chi connectivity index (χ2n) is 2.97. The van der Waals surface area contributed by atoms with E-state index in [-0.39, 0.29) is 5.69 Å². The summed E-state index contributed by atoms with van der Waals surface area (Å²) >= 11 is 0. The SMILES string of the molecule is O=c1[nH]cc(N=Cc2ccccn2)c(=O)[nH]1. The van der Waals surface area contributed by atoms with Gasteiger partial charge in [0.25, 0.3) is 5.56 Å². The van der Waals surface area contributed by atoms with Crippen molar-refractivity contribution in [3.05, 3.63) is 57.1 Å². The normalized spacial score (nSPS) is 10.8. The van der Waals surface area contributed by atoms with Gasteiger partial charge in [0, 0.05) is 12.4 Å². The van der Waals surface area contributed by atoms with Crippen molar-refractivity contribution in [2.75, 3.05) is 0 Å². The Labute approximate surface area is 89.7 Å². The minimum absolute atomic E-state index is 0.130. The molecule has 80 valence electrons. The Balaban J connectivity index is 2.31. The van der Waals surface area contributed by atoms with Crippen molar-refractivity contribution >= 4 is 11.9 Å². The maximum atomic E-state index is 11.3. The zero-order chi connectivity index (χ0) is 11.4. The quantitative estimate of drug-likeness (QED) is 0.703. The molecular formula is C10H8N4O2. The summed E-state index contributed by atoms with van der Waals surface area (Å²) in [6.07, 6.45) is 4.32. The third-order valence-electron chi connectivity index (χ3n) is 1.82. The number of pyridine rings is 1. The monoisotopic (exact) mass is 216 g/mol. The van der Waals surface area contributed by atoms with Gasteiger partial charge in [-0.3, -0.25) is 14.8 Å². The van der Waals surface area contributed by atoms with E-state index in [1.54, 1.807) is 18.3 Å². The Hall–Kier alpha value is -2.50. The van der Waals surface area contributed by atoms with Crippen LogP contribution in [0.4, 0.5) is 5.69 Å². The molecule has 0 bridgehead atoms. The second-order valence-corrected chi connectivity index (χ2v) is 2.97. The van der Waals surface area contributed by atoms with Crippen LogP contribution >= 0.6 is 0 Å². The zero-order valence-electron chi connectivity index (χ0n) is 8.18. The van der Waals surface area contributed by atoms with E-state index in [2.05, 4.69) is 19.9 Å². The van der Waals surface area contributed by atoms with Gasteiger partial charge in [-0.25, -0.2) is 9.79 Å². The van der Waals surface area contributed by atoms with Crippen LogP contribution in [0.25, 0.3) is 0 Å². The molecule has 0 amide bonds. The fraction of sp³-hybridized carbons (Fsp3) is 0. The Morgan fingerprint density at radius 3 is 2.88 bits per heavy atom. The summed E-state index contributed by atoms with van der Waals surface area (Å²) in [6, 6.07) is 5.35. The van der Waals surface area contributed by atoms with Gasteiger partial charge in [0.05, 0.1) is 11.9 Å². The first kappa shape index (κ1) is 10.0. The highest BCUT2D eigenvalue weighted by Crippen LogP contribution is 1.98. The Morgan fingerprint density at radius 1 is 1.31 bits per heavy atom. The fourth-order valence-electron chi connectivity index (χ4n) is 1.09. The molecule has 0 spiro atoms. The zero-order valence-corrected chi connectivity index (χ0v) is 8.18. The lowest BCUT2D eigenvalue weighted by Crippen LogP contribution is -2.20. The largest absolute Gasteiger partial charge is 0.325 e. The summed E-state index contributed by atoms with van der Waals surface area (Å²) in [5, 5.41) is 0. The molecule has 16 heavy (non-hydrogen) atoms. The molecular weight excluding hydrogens is 208 g/mol. The molecule has 0 aromatic carbocycles. The van der Waals surface area contributed by atoms with Crippen LogP contribution in [-0.2, 0) is 0 Å². The highest BCUT2D eigenvalue weighted by Gasteiger charge is 1.96. The van der Waals surface area contributed by atoms with Gasteiger partial charge < -0.3 is 4.98 Å². The van der Waals surface area contributed by atoms with Crippen LogP contribution in [-0.4, -0.2) is 21.2 Å². The van der Waals surface area contributed by atoms with Crippen molar-refractivity contribution in [3.8, 4) is 0 Å².